The number of likely N-dealkylation sites (N-methyl/N-ethyl adjacent to an activating group) is 1. The molecule has 1 amide bonds. The molecule has 6 heteroatoms. The molecule has 1 aliphatic rings. The second kappa shape index (κ2) is 7.13. The standard InChI is InChI=1S/C21H22FN3O2/c1-24-6-8-25(9-7-24)13-14-2-4-15(5-3-14)19-11-16-10-17(22)12-18(21(23)26)20(16)27-19/h2-5,10-12H,6-9,13H2,1H3,(H2,23,26). The largest absolute Gasteiger partial charge is 0.455 e. The third-order valence-corrected chi connectivity index (χ3v) is 5.09. The molecule has 2 aromatic carbocycles. The van der Waals surface area contributed by atoms with Gasteiger partial charge in [0, 0.05) is 43.7 Å². The Hall–Kier alpha value is -2.70. The summed E-state index contributed by atoms with van der Waals surface area (Å²) >= 11 is 0. The van der Waals surface area contributed by atoms with E-state index < -0.39 is 11.7 Å². The summed E-state index contributed by atoms with van der Waals surface area (Å²) in [4.78, 5) is 16.3. The Balaban J connectivity index is 1.57. The number of hydrogen-bond donors (Lipinski definition) is 1. The van der Waals surface area contributed by atoms with Gasteiger partial charge in [0.05, 0.1) is 5.56 Å². The molecule has 27 heavy (non-hydrogen) atoms. The Labute approximate surface area is 157 Å². The molecule has 0 saturated carbocycles. The van der Waals surface area contributed by atoms with Crippen LogP contribution in [0.1, 0.15) is 15.9 Å². The maximum atomic E-state index is 13.7. The molecule has 4 rings (SSSR count). The lowest BCUT2D eigenvalue weighted by Crippen LogP contribution is -2.43. The van der Waals surface area contributed by atoms with Gasteiger partial charge in [-0.1, -0.05) is 24.3 Å². The predicted octanol–water partition coefficient (Wildman–Crippen LogP) is 3.09. The molecule has 2 N–H and O–H groups in total. The summed E-state index contributed by atoms with van der Waals surface area (Å²) in [6.45, 7) is 5.25. The lowest BCUT2D eigenvalue weighted by atomic mass is 10.1. The number of rotatable bonds is 4. The molecular weight excluding hydrogens is 345 g/mol. The van der Waals surface area contributed by atoms with Gasteiger partial charge in [0.1, 0.15) is 17.2 Å². The van der Waals surface area contributed by atoms with Crippen molar-refractivity contribution in [1.82, 2.24) is 9.80 Å². The summed E-state index contributed by atoms with van der Waals surface area (Å²) < 4.78 is 19.5. The van der Waals surface area contributed by atoms with Crippen LogP contribution in [-0.4, -0.2) is 48.9 Å². The smallest absolute Gasteiger partial charge is 0.252 e. The first kappa shape index (κ1) is 17.7. The first-order valence-corrected chi connectivity index (χ1v) is 9.03. The SMILES string of the molecule is CN1CCN(Cc2ccc(-c3cc4cc(F)cc(C(N)=O)c4o3)cc2)CC1. The van der Waals surface area contributed by atoms with Gasteiger partial charge >= 0.3 is 0 Å². The van der Waals surface area contributed by atoms with Crippen molar-refractivity contribution >= 4 is 16.9 Å². The van der Waals surface area contributed by atoms with Crippen molar-refractivity contribution in [1.29, 1.82) is 0 Å². The molecule has 5 nitrogen and oxygen atoms in total. The Morgan fingerprint density at radius 2 is 1.81 bits per heavy atom. The maximum Gasteiger partial charge on any atom is 0.252 e. The van der Waals surface area contributed by atoms with Crippen LogP contribution in [0.2, 0.25) is 0 Å². The third kappa shape index (κ3) is 3.72. The molecule has 0 bridgehead atoms. The second-order valence-electron chi connectivity index (χ2n) is 7.12. The van der Waals surface area contributed by atoms with Crippen molar-refractivity contribution in [3.05, 3.63) is 59.4 Å². The molecule has 2 heterocycles. The van der Waals surface area contributed by atoms with Gasteiger partial charge in [-0.15, -0.1) is 0 Å². The number of fused-ring (bicyclic) bond motifs is 1. The molecule has 1 aliphatic heterocycles. The number of carbonyl (C=O) groups is 1. The number of hydrogen-bond acceptors (Lipinski definition) is 4. The van der Waals surface area contributed by atoms with Gasteiger partial charge < -0.3 is 15.1 Å². The summed E-state index contributed by atoms with van der Waals surface area (Å²) in [5.41, 5.74) is 7.84. The van der Waals surface area contributed by atoms with Crippen molar-refractivity contribution in [2.75, 3.05) is 33.2 Å². The normalized spacial score (nSPS) is 16.1. The minimum Gasteiger partial charge on any atom is -0.455 e. The minimum atomic E-state index is -0.706. The summed E-state index contributed by atoms with van der Waals surface area (Å²) in [5, 5.41) is 0.528. The number of halogens is 1. The Bertz CT molecular complexity index is 973. The van der Waals surface area contributed by atoms with Crippen molar-refractivity contribution in [2.45, 2.75) is 6.54 Å². The van der Waals surface area contributed by atoms with Crippen molar-refractivity contribution in [3.8, 4) is 11.3 Å². The summed E-state index contributed by atoms with van der Waals surface area (Å²) in [6, 6.07) is 12.3. The lowest BCUT2D eigenvalue weighted by molar-refractivity contribution is 0.100. The van der Waals surface area contributed by atoms with Crippen LogP contribution in [0.5, 0.6) is 0 Å². The summed E-state index contributed by atoms with van der Waals surface area (Å²) in [7, 11) is 2.15. The Morgan fingerprint density at radius 3 is 2.48 bits per heavy atom. The van der Waals surface area contributed by atoms with Crippen molar-refractivity contribution in [3.63, 3.8) is 0 Å². The molecule has 1 fully saturated rings. The number of furan rings is 1. The Morgan fingerprint density at radius 1 is 1.11 bits per heavy atom. The molecule has 3 aromatic rings. The zero-order chi connectivity index (χ0) is 19.0. The average Bonchev–Trinajstić information content (AvgIpc) is 3.07. The van der Waals surface area contributed by atoms with E-state index in [9.17, 15) is 9.18 Å². The number of nitrogens with two attached hydrogens (primary N) is 1. The van der Waals surface area contributed by atoms with Gasteiger partial charge in [-0.2, -0.15) is 0 Å². The first-order valence-electron chi connectivity index (χ1n) is 9.03. The van der Waals surface area contributed by atoms with E-state index in [-0.39, 0.29) is 5.56 Å². The first-order chi connectivity index (χ1) is 13.0. The zero-order valence-corrected chi connectivity index (χ0v) is 15.2. The molecule has 1 aromatic heterocycles. The van der Waals surface area contributed by atoms with Crippen LogP contribution >= 0.6 is 0 Å². The molecule has 0 unspecified atom stereocenters. The lowest BCUT2D eigenvalue weighted by Gasteiger charge is -2.32. The molecule has 0 radical (unpaired) electrons. The predicted molar refractivity (Wildman–Crippen MR) is 103 cm³/mol. The van der Waals surface area contributed by atoms with Crippen molar-refractivity contribution < 1.29 is 13.6 Å². The van der Waals surface area contributed by atoms with Crippen LogP contribution in [0.4, 0.5) is 4.39 Å². The highest BCUT2D eigenvalue weighted by atomic mass is 19.1. The van der Waals surface area contributed by atoms with Gasteiger partial charge in [-0.25, -0.2) is 4.39 Å². The number of amides is 1. The number of primary amides is 1. The number of carbonyl (C=O) groups excluding carboxylic acids is 1. The van der Waals surface area contributed by atoms with Gasteiger partial charge in [-0.05, 0) is 30.8 Å². The minimum absolute atomic E-state index is 0.0583. The van der Waals surface area contributed by atoms with Crippen LogP contribution in [0, 0.1) is 5.82 Å². The van der Waals surface area contributed by atoms with Crippen LogP contribution in [0.25, 0.3) is 22.3 Å². The monoisotopic (exact) mass is 367 g/mol. The Kier molecular flexibility index (Phi) is 4.68. The van der Waals surface area contributed by atoms with E-state index in [0.717, 1.165) is 44.4 Å². The fourth-order valence-electron chi connectivity index (χ4n) is 3.48. The molecule has 1 saturated heterocycles. The van der Waals surface area contributed by atoms with E-state index in [1.165, 1.54) is 11.6 Å². The highest BCUT2D eigenvalue weighted by Crippen LogP contribution is 2.31. The van der Waals surface area contributed by atoms with Crippen LogP contribution in [-0.2, 0) is 6.54 Å². The molecule has 0 atom stereocenters. The van der Waals surface area contributed by atoms with E-state index in [1.807, 2.05) is 12.1 Å². The highest BCUT2D eigenvalue weighted by molar-refractivity contribution is 6.04. The van der Waals surface area contributed by atoms with Crippen LogP contribution in [0.3, 0.4) is 0 Å². The fraction of sp³-hybridized carbons (Fsp3) is 0.286. The van der Waals surface area contributed by atoms with Crippen LogP contribution < -0.4 is 5.73 Å². The van der Waals surface area contributed by atoms with E-state index >= 15 is 0 Å². The van der Waals surface area contributed by atoms with Gasteiger partial charge in [-0.3, -0.25) is 9.69 Å². The number of nitrogens with zero attached hydrogens (tertiary/aromatic N) is 2. The van der Waals surface area contributed by atoms with E-state index in [0.29, 0.717) is 16.7 Å². The molecular formula is C21H22FN3O2. The van der Waals surface area contributed by atoms with Gasteiger partial charge in [0.15, 0.2) is 0 Å². The van der Waals surface area contributed by atoms with E-state index in [1.54, 1.807) is 6.07 Å². The maximum absolute atomic E-state index is 13.7. The van der Waals surface area contributed by atoms with E-state index in [2.05, 4.69) is 29.0 Å². The zero-order valence-electron chi connectivity index (χ0n) is 15.2. The average molecular weight is 367 g/mol. The second-order valence-corrected chi connectivity index (χ2v) is 7.12. The van der Waals surface area contributed by atoms with Crippen molar-refractivity contribution in [2.24, 2.45) is 5.73 Å². The number of benzene rings is 2. The molecule has 0 spiro atoms. The van der Waals surface area contributed by atoms with Gasteiger partial charge in [0.25, 0.3) is 5.91 Å². The summed E-state index contributed by atoms with van der Waals surface area (Å²) in [5.74, 6) is -0.627. The highest BCUT2D eigenvalue weighted by Gasteiger charge is 2.16. The van der Waals surface area contributed by atoms with E-state index in [4.69, 9.17) is 10.2 Å². The van der Waals surface area contributed by atoms with Crippen LogP contribution in [0.15, 0.2) is 46.9 Å². The topological polar surface area (TPSA) is 62.7 Å². The third-order valence-electron chi connectivity index (χ3n) is 5.09. The van der Waals surface area contributed by atoms with Gasteiger partial charge in [0.2, 0.25) is 0 Å². The number of piperazine rings is 1. The fourth-order valence-corrected chi connectivity index (χ4v) is 3.48. The molecule has 0 aliphatic carbocycles. The molecule has 140 valence electrons. The summed E-state index contributed by atoms with van der Waals surface area (Å²) in [6.07, 6.45) is 0. The quantitative estimate of drug-likeness (QED) is 0.770.